The lowest BCUT2D eigenvalue weighted by Crippen LogP contribution is -2.45. The minimum Gasteiger partial charge on any atom is -0.493 e. The van der Waals surface area contributed by atoms with Gasteiger partial charge < -0.3 is 24.4 Å². The molecule has 190 valence electrons. The van der Waals surface area contributed by atoms with Crippen molar-refractivity contribution >= 4 is 39.9 Å². The first-order chi connectivity index (χ1) is 17.5. The number of methoxy groups -OCH3 is 1. The van der Waals surface area contributed by atoms with Crippen molar-refractivity contribution in [3.8, 4) is 11.5 Å². The largest absolute Gasteiger partial charge is 0.493 e. The molecule has 3 heterocycles. The van der Waals surface area contributed by atoms with E-state index in [0.717, 1.165) is 31.1 Å². The third kappa shape index (κ3) is 5.32. The van der Waals surface area contributed by atoms with Crippen LogP contribution in [0.25, 0.3) is 10.9 Å². The van der Waals surface area contributed by atoms with E-state index in [1.807, 2.05) is 11.0 Å². The molecule has 0 atom stereocenters. The van der Waals surface area contributed by atoms with Gasteiger partial charge in [0.25, 0.3) is 0 Å². The first-order valence-corrected chi connectivity index (χ1v) is 12.5. The maximum absolute atomic E-state index is 13.6. The highest BCUT2D eigenvalue weighted by Gasteiger charge is 2.30. The molecule has 5 rings (SSSR count). The summed E-state index contributed by atoms with van der Waals surface area (Å²) in [7, 11) is 1.59. The van der Waals surface area contributed by atoms with Crippen molar-refractivity contribution in [3.05, 3.63) is 47.5 Å². The second kappa shape index (κ2) is 10.8. The molecular formula is C26H28ClFN4O4. The predicted octanol–water partition coefficient (Wildman–Crippen LogP) is 4.97. The van der Waals surface area contributed by atoms with Crippen LogP contribution in [-0.2, 0) is 9.53 Å². The lowest BCUT2D eigenvalue weighted by Gasteiger charge is -2.35. The van der Waals surface area contributed by atoms with Gasteiger partial charge in [-0.15, -0.1) is 0 Å². The van der Waals surface area contributed by atoms with Crippen LogP contribution in [0.1, 0.15) is 25.7 Å². The fourth-order valence-electron chi connectivity index (χ4n) is 4.70. The number of piperidine rings is 1. The molecular weight excluding hydrogens is 487 g/mol. The number of hydrogen-bond acceptors (Lipinski definition) is 7. The number of nitrogens with zero attached hydrogens (tertiary/aromatic N) is 3. The van der Waals surface area contributed by atoms with Crippen molar-refractivity contribution in [2.75, 3.05) is 38.7 Å². The van der Waals surface area contributed by atoms with E-state index in [-0.39, 0.29) is 23.0 Å². The van der Waals surface area contributed by atoms with Crippen LogP contribution in [0.5, 0.6) is 11.5 Å². The Morgan fingerprint density at radius 1 is 1.11 bits per heavy atom. The summed E-state index contributed by atoms with van der Waals surface area (Å²) in [6, 6.07) is 8.04. The molecule has 1 aromatic heterocycles. The SMILES string of the molecule is COc1cc2ncnc(Nc3ccc(F)c(Cl)c3)c2cc1OC1CCN(C(=O)C2CCOCC2)CC1. The first kappa shape index (κ1) is 24.5. The molecule has 2 aliphatic heterocycles. The summed E-state index contributed by atoms with van der Waals surface area (Å²) in [5, 5.41) is 3.92. The van der Waals surface area contributed by atoms with E-state index in [9.17, 15) is 9.18 Å². The quantitative estimate of drug-likeness (QED) is 0.497. The number of aromatic nitrogens is 2. The average molecular weight is 515 g/mol. The number of halogens is 2. The third-order valence-electron chi connectivity index (χ3n) is 6.72. The van der Waals surface area contributed by atoms with Crippen LogP contribution < -0.4 is 14.8 Å². The van der Waals surface area contributed by atoms with E-state index >= 15 is 0 Å². The monoisotopic (exact) mass is 514 g/mol. The normalized spacial score (nSPS) is 17.2. The van der Waals surface area contributed by atoms with Gasteiger partial charge >= 0.3 is 0 Å². The molecule has 0 unspecified atom stereocenters. The van der Waals surface area contributed by atoms with E-state index < -0.39 is 5.82 Å². The molecule has 0 bridgehead atoms. The minimum atomic E-state index is -0.490. The molecule has 3 aromatic rings. The van der Waals surface area contributed by atoms with E-state index in [1.165, 1.54) is 18.5 Å². The van der Waals surface area contributed by atoms with Gasteiger partial charge in [0, 0.05) is 62.2 Å². The molecule has 0 spiro atoms. The Morgan fingerprint density at radius 3 is 2.61 bits per heavy atom. The zero-order valence-electron chi connectivity index (χ0n) is 20.0. The maximum Gasteiger partial charge on any atom is 0.225 e. The number of likely N-dealkylation sites (tertiary alicyclic amines) is 1. The first-order valence-electron chi connectivity index (χ1n) is 12.1. The van der Waals surface area contributed by atoms with Gasteiger partial charge in [-0.05, 0) is 37.1 Å². The fourth-order valence-corrected chi connectivity index (χ4v) is 4.88. The Bertz CT molecular complexity index is 1250. The Hall–Kier alpha value is -3.17. The molecule has 0 radical (unpaired) electrons. The van der Waals surface area contributed by atoms with Gasteiger partial charge in [-0.2, -0.15) is 0 Å². The lowest BCUT2D eigenvalue weighted by atomic mass is 9.97. The molecule has 2 aromatic carbocycles. The number of anilines is 2. The third-order valence-corrected chi connectivity index (χ3v) is 7.01. The van der Waals surface area contributed by atoms with Crippen molar-refractivity contribution < 1.29 is 23.4 Å². The van der Waals surface area contributed by atoms with Crippen LogP contribution in [0.2, 0.25) is 5.02 Å². The Labute approximate surface area is 213 Å². The standard InChI is InChI=1S/C26H28ClFN4O4/c1-34-23-14-22-19(25(30-15-29-22)31-17-2-3-21(28)20(27)12-17)13-24(23)36-18-4-8-32(9-5-18)26(33)16-6-10-35-11-7-16/h2-3,12-16,18H,4-11H2,1H3,(H,29,30,31). The van der Waals surface area contributed by atoms with Crippen molar-refractivity contribution in [2.45, 2.75) is 31.8 Å². The molecule has 36 heavy (non-hydrogen) atoms. The van der Waals surface area contributed by atoms with E-state index in [4.69, 9.17) is 25.8 Å². The Balaban J connectivity index is 1.31. The van der Waals surface area contributed by atoms with Crippen molar-refractivity contribution in [1.29, 1.82) is 0 Å². The molecule has 2 fully saturated rings. The van der Waals surface area contributed by atoms with Gasteiger partial charge in [0.2, 0.25) is 5.91 Å². The predicted molar refractivity (Wildman–Crippen MR) is 135 cm³/mol. The topological polar surface area (TPSA) is 85.8 Å². The molecule has 8 nitrogen and oxygen atoms in total. The Kier molecular flexibility index (Phi) is 7.38. The summed E-state index contributed by atoms with van der Waals surface area (Å²) in [5.74, 6) is 1.49. The van der Waals surface area contributed by atoms with Crippen molar-refractivity contribution in [1.82, 2.24) is 14.9 Å². The highest BCUT2D eigenvalue weighted by Crippen LogP contribution is 2.36. The van der Waals surface area contributed by atoms with E-state index in [2.05, 4.69) is 15.3 Å². The second-order valence-electron chi connectivity index (χ2n) is 9.03. The summed E-state index contributed by atoms with van der Waals surface area (Å²) < 4.78 is 30.9. The van der Waals surface area contributed by atoms with Crippen LogP contribution >= 0.6 is 11.6 Å². The fraction of sp³-hybridized carbons (Fsp3) is 0.423. The minimum absolute atomic E-state index is 0.0192. The zero-order chi connectivity index (χ0) is 25.1. The van der Waals surface area contributed by atoms with Crippen LogP contribution in [0.3, 0.4) is 0 Å². The van der Waals surface area contributed by atoms with Gasteiger partial charge in [0.05, 0.1) is 17.6 Å². The van der Waals surface area contributed by atoms with Crippen LogP contribution in [0.15, 0.2) is 36.7 Å². The van der Waals surface area contributed by atoms with Crippen LogP contribution in [0.4, 0.5) is 15.9 Å². The Morgan fingerprint density at radius 2 is 1.89 bits per heavy atom. The molecule has 2 aliphatic rings. The number of carbonyl (C=O) groups is 1. The molecule has 2 saturated heterocycles. The van der Waals surface area contributed by atoms with E-state index in [0.29, 0.717) is 54.8 Å². The molecule has 1 N–H and O–H groups in total. The number of amides is 1. The van der Waals surface area contributed by atoms with Gasteiger partial charge in [-0.25, -0.2) is 14.4 Å². The van der Waals surface area contributed by atoms with Crippen LogP contribution in [0, 0.1) is 11.7 Å². The molecule has 0 aliphatic carbocycles. The number of rotatable bonds is 6. The zero-order valence-corrected chi connectivity index (χ0v) is 20.8. The molecule has 0 saturated carbocycles. The summed E-state index contributed by atoms with van der Waals surface area (Å²) in [5.41, 5.74) is 1.27. The number of hydrogen-bond donors (Lipinski definition) is 1. The number of ether oxygens (including phenoxy) is 3. The number of carbonyl (C=O) groups excluding carboxylic acids is 1. The number of benzene rings is 2. The smallest absolute Gasteiger partial charge is 0.225 e. The summed E-state index contributed by atoms with van der Waals surface area (Å²) in [6.07, 6.45) is 4.47. The van der Waals surface area contributed by atoms with Gasteiger partial charge in [0.15, 0.2) is 11.5 Å². The molecule has 1 amide bonds. The summed E-state index contributed by atoms with van der Waals surface area (Å²) >= 11 is 5.93. The highest BCUT2D eigenvalue weighted by molar-refractivity contribution is 6.31. The number of nitrogens with one attached hydrogen (secondary N) is 1. The molecule has 10 heteroatoms. The van der Waals surface area contributed by atoms with Crippen molar-refractivity contribution in [2.24, 2.45) is 5.92 Å². The summed E-state index contributed by atoms with van der Waals surface area (Å²) in [4.78, 5) is 23.5. The van der Waals surface area contributed by atoms with Gasteiger partial charge in [0.1, 0.15) is 24.1 Å². The van der Waals surface area contributed by atoms with Crippen molar-refractivity contribution in [3.63, 3.8) is 0 Å². The highest BCUT2D eigenvalue weighted by atomic mass is 35.5. The lowest BCUT2D eigenvalue weighted by molar-refractivity contribution is -0.140. The van der Waals surface area contributed by atoms with Gasteiger partial charge in [-0.1, -0.05) is 11.6 Å². The average Bonchev–Trinajstić information content (AvgIpc) is 2.91. The summed E-state index contributed by atoms with van der Waals surface area (Å²) in [6.45, 7) is 2.65. The van der Waals surface area contributed by atoms with Gasteiger partial charge in [-0.3, -0.25) is 4.79 Å². The maximum atomic E-state index is 13.6. The second-order valence-corrected chi connectivity index (χ2v) is 9.43. The van der Waals surface area contributed by atoms with Crippen LogP contribution in [-0.4, -0.2) is 60.3 Å². The van der Waals surface area contributed by atoms with E-state index in [1.54, 1.807) is 19.2 Å². The number of fused-ring (bicyclic) bond motifs is 1.